The monoisotopic (exact) mass is 216 g/mol. The molecule has 0 saturated heterocycles. The molecule has 0 radical (unpaired) electrons. The van der Waals surface area contributed by atoms with E-state index in [1.54, 1.807) is 0 Å². The van der Waals surface area contributed by atoms with Gasteiger partial charge in [0.15, 0.2) is 0 Å². The summed E-state index contributed by atoms with van der Waals surface area (Å²) in [6.45, 7) is 8.09. The Morgan fingerprint density at radius 3 is 2.56 bits per heavy atom. The predicted octanol–water partition coefficient (Wildman–Crippen LogP) is 3.68. The Hall–Kier alpha value is -1.64. The molecule has 0 N–H and O–H groups in total. The largest absolute Gasteiger partial charge is 0.219 e. The minimum Gasteiger partial charge on any atom is -0.219 e. The zero-order valence-corrected chi connectivity index (χ0v) is 10.1. The summed E-state index contributed by atoms with van der Waals surface area (Å²) in [6.07, 6.45) is 2.08. The number of benzene rings is 1. The number of fused-ring (bicyclic) bond motifs is 1. The SMILES string of the molecule is CC1=CC(C)(C)N(N=O)c2ccc(C)cc21. The van der Waals surface area contributed by atoms with E-state index in [1.807, 2.05) is 32.9 Å². The van der Waals surface area contributed by atoms with Gasteiger partial charge >= 0.3 is 0 Å². The second-order valence-corrected chi connectivity index (χ2v) is 4.90. The Bertz CT molecular complexity index is 475. The minimum atomic E-state index is -0.353. The lowest BCUT2D eigenvalue weighted by molar-refractivity contribution is 0.567. The molecule has 1 aliphatic rings. The van der Waals surface area contributed by atoms with E-state index < -0.39 is 0 Å². The fraction of sp³-hybridized carbons (Fsp3) is 0.385. The number of hydrogen-bond acceptors (Lipinski definition) is 2. The molecular weight excluding hydrogens is 200 g/mol. The molecule has 1 aliphatic heterocycles. The van der Waals surface area contributed by atoms with E-state index in [1.165, 1.54) is 16.1 Å². The summed E-state index contributed by atoms with van der Waals surface area (Å²) in [4.78, 5) is 11.0. The Morgan fingerprint density at radius 2 is 1.94 bits per heavy atom. The molecule has 0 amide bonds. The number of nitroso groups, excluding NO2 is 1. The molecule has 16 heavy (non-hydrogen) atoms. The average Bonchev–Trinajstić information content (AvgIpc) is 2.18. The van der Waals surface area contributed by atoms with Gasteiger partial charge in [-0.1, -0.05) is 17.7 Å². The summed E-state index contributed by atoms with van der Waals surface area (Å²) >= 11 is 0. The lowest BCUT2D eigenvalue weighted by atomic mass is 9.90. The average molecular weight is 216 g/mol. The van der Waals surface area contributed by atoms with E-state index in [-0.39, 0.29) is 5.54 Å². The van der Waals surface area contributed by atoms with Crippen LogP contribution in [0.1, 0.15) is 31.9 Å². The summed E-state index contributed by atoms with van der Waals surface area (Å²) in [5, 5.41) is 4.68. The van der Waals surface area contributed by atoms with Gasteiger partial charge in [0.05, 0.1) is 16.5 Å². The van der Waals surface area contributed by atoms with Crippen molar-refractivity contribution in [3.05, 3.63) is 40.3 Å². The highest BCUT2D eigenvalue weighted by Crippen LogP contribution is 2.39. The van der Waals surface area contributed by atoms with Gasteiger partial charge in [0, 0.05) is 5.56 Å². The number of anilines is 1. The van der Waals surface area contributed by atoms with Crippen LogP contribution in [0.5, 0.6) is 0 Å². The highest BCUT2D eigenvalue weighted by Gasteiger charge is 2.32. The van der Waals surface area contributed by atoms with Crippen molar-refractivity contribution in [1.29, 1.82) is 0 Å². The first-order chi connectivity index (χ1) is 7.45. The van der Waals surface area contributed by atoms with Crippen LogP contribution < -0.4 is 5.01 Å². The van der Waals surface area contributed by atoms with Crippen molar-refractivity contribution in [3.8, 4) is 0 Å². The highest BCUT2D eigenvalue weighted by atomic mass is 16.3. The Kier molecular flexibility index (Phi) is 2.34. The van der Waals surface area contributed by atoms with Crippen molar-refractivity contribution in [2.24, 2.45) is 5.29 Å². The number of allylic oxidation sites excluding steroid dienone is 1. The summed E-state index contributed by atoms with van der Waals surface area (Å²) in [7, 11) is 0. The van der Waals surface area contributed by atoms with Gasteiger partial charge in [-0.25, -0.2) is 5.01 Å². The van der Waals surface area contributed by atoms with E-state index in [4.69, 9.17) is 0 Å². The summed E-state index contributed by atoms with van der Waals surface area (Å²) < 4.78 is 0. The molecule has 0 unspecified atom stereocenters. The molecule has 1 heterocycles. The van der Waals surface area contributed by atoms with E-state index in [0.717, 1.165) is 11.3 Å². The summed E-state index contributed by atoms with van der Waals surface area (Å²) in [5.74, 6) is 0. The van der Waals surface area contributed by atoms with Crippen molar-refractivity contribution < 1.29 is 0 Å². The third-order valence-electron chi connectivity index (χ3n) is 3.00. The Morgan fingerprint density at radius 1 is 1.25 bits per heavy atom. The van der Waals surface area contributed by atoms with Crippen LogP contribution in [0, 0.1) is 11.8 Å². The molecule has 3 heteroatoms. The maximum Gasteiger partial charge on any atom is 0.0795 e. The normalized spacial score (nSPS) is 17.8. The Balaban J connectivity index is 2.67. The van der Waals surface area contributed by atoms with E-state index in [0.29, 0.717) is 0 Å². The zero-order chi connectivity index (χ0) is 11.9. The zero-order valence-electron chi connectivity index (χ0n) is 10.1. The number of hydrogen-bond donors (Lipinski definition) is 0. The predicted molar refractivity (Wildman–Crippen MR) is 67.2 cm³/mol. The highest BCUT2D eigenvalue weighted by molar-refractivity contribution is 5.81. The van der Waals surface area contributed by atoms with Crippen molar-refractivity contribution in [2.45, 2.75) is 33.2 Å². The summed E-state index contributed by atoms with van der Waals surface area (Å²) in [5.41, 5.74) is 4.03. The number of nitrogens with zero attached hydrogens (tertiary/aromatic N) is 2. The lowest BCUT2D eigenvalue weighted by Crippen LogP contribution is -2.40. The molecule has 0 aliphatic carbocycles. The maximum atomic E-state index is 11.0. The van der Waals surface area contributed by atoms with Gasteiger partial charge in [0.2, 0.25) is 0 Å². The van der Waals surface area contributed by atoms with Gasteiger partial charge in [-0.15, -0.1) is 4.91 Å². The van der Waals surface area contributed by atoms with Gasteiger partial charge < -0.3 is 0 Å². The van der Waals surface area contributed by atoms with Crippen LogP contribution in [0.15, 0.2) is 29.6 Å². The van der Waals surface area contributed by atoms with E-state index in [9.17, 15) is 4.91 Å². The third-order valence-corrected chi connectivity index (χ3v) is 3.00. The molecule has 0 spiro atoms. The molecule has 0 fully saturated rings. The van der Waals surface area contributed by atoms with Crippen LogP contribution in [-0.2, 0) is 0 Å². The molecule has 0 saturated carbocycles. The van der Waals surface area contributed by atoms with Crippen LogP contribution in [-0.4, -0.2) is 5.54 Å². The maximum absolute atomic E-state index is 11.0. The molecule has 0 atom stereocenters. The third kappa shape index (κ3) is 1.52. The second kappa shape index (κ2) is 3.44. The second-order valence-electron chi connectivity index (χ2n) is 4.90. The minimum absolute atomic E-state index is 0.353. The molecule has 1 aromatic carbocycles. The molecular formula is C13H16N2O. The Labute approximate surface area is 95.7 Å². The first-order valence-corrected chi connectivity index (χ1v) is 5.40. The fourth-order valence-electron chi connectivity index (χ4n) is 2.28. The van der Waals surface area contributed by atoms with E-state index in [2.05, 4.69) is 24.4 Å². The first-order valence-electron chi connectivity index (χ1n) is 5.40. The fourth-order valence-corrected chi connectivity index (χ4v) is 2.28. The van der Waals surface area contributed by atoms with E-state index >= 15 is 0 Å². The van der Waals surface area contributed by atoms with Gasteiger partial charge in [0.25, 0.3) is 0 Å². The molecule has 3 nitrogen and oxygen atoms in total. The van der Waals surface area contributed by atoms with Crippen LogP contribution in [0.3, 0.4) is 0 Å². The molecule has 0 aromatic heterocycles. The van der Waals surface area contributed by atoms with Crippen molar-refractivity contribution in [2.75, 3.05) is 5.01 Å². The molecule has 2 rings (SSSR count). The molecule has 1 aromatic rings. The van der Waals surface area contributed by atoms with Crippen LogP contribution in [0.2, 0.25) is 0 Å². The lowest BCUT2D eigenvalue weighted by Gasteiger charge is -2.36. The number of rotatable bonds is 1. The van der Waals surface area contributed by atoms with Gasteiger partial charge in [0.1, 0.15) is 0 Å². The van der Waals surface area contributed by atoms with Gasteiger partial charge in [-0.2, -0.15) is 0 Å². The van der Waals surface area contributed by atoms with Crippen LogP contribution in [0.4, 0.5) is 5.69 Å². The molecule has 84 valence electrons. The molecule has 0 bridgehead atoms. The van der Waals surface area contributed by atoms with Crippen LogP contribution >= 0.6 is 0 Å². The number of aryl methyl sites for hydroxylation is 1. The summed E-state index contributed by atoms with van der Waals surface area (Å²) in [6, 6.07) is 6.06. The van der Waals surface area contributed by atoms with Crippen LogP contribution in [0.25, 0.3) is 5.57 Å². The smallest absolute Gasteiger partial charge is 0.0795 e. The van der Waals surface area contributed by atoms with Crippen molar-refractivity contribution in [1.82, 2.24) is 0 Å². The van der Waals surface area contributed by atoms with Gasteiger partial charge in [-0.3, -0.25) is 0 Å². The van der Waals surface area contributed by atoms with Crippen molar-refractivity contribution in [3.63, 3.8) is 0 Å². The van der Waals surface area contributed by atoms with Gasteiger partial charge in [-0.05, 0) is 45.4 Å². The first kappa shape index (κ1) is 10.9. The van der Waals surface area contributed by atoms with Crippen molar-refractivity contribution >= 4 is 11.3 Å². The standard InChI is InChI=1S/C13H16N2O/c1-9-5-6-12-11(7-9)10(2)8-13(3,4)15(12)14-16/h5-8H,1-4H3. The topological polar surface area (TPSA) is 32.7 Å². The quantitative estimate of drug-likeness (QED) is 0.671.